The van der Waals surface area contributed by atoms with Gasteiger partial charge in [0.05, 0.1) is 20.8 Å². The number of hydrogen-bond donors (Lipinski definition) is 1. The van der Waals surface area contributed by atoms with Crippen LogP contribution >= 0.6 is 0 Å². The van der Waals surface area contributed by atoms with Crippen molar-refractivity contribution in [3.8, 4) is 22.9 Å². The average Bonchev–Trinajstić information content (AvgIpc) is 3.32. The van der Waals surface area contributed by atoms with Crippen LogP contribution in [0.25, 0.3) is 11.3 Å². The van der Waals surface area contributed by atoms with Gasteiger partial charge in [-0.3, -0.25) is 18.6 Å². The summed E-state index contributed by atoms with van der Waals surface area (Å²) in [5.74, 6) is 2.56. The molecule has 0 radical (unpaired) electrons. The first-order chi connectivity index (χ1) is 17.5. The highest BCUT2D eigenvalue weighted by molar-refractivity contribution is 5.75. The molecule has 188 valence electrons. The molecule has 0 unspecified atom stereocenters. The van der Waals surface area contributed by atoms with Crippen molar-refractivity contribution >= 4 is 11.6 Å². The lowest BCUT2D eigenvalue weighted by Crippen LogP contribution is -2.22. The molecule has 0 fully saturated rings. The van der Waals surface area contributed by atoms with Crippen LogP contribution in [0.1, 0.15) is 31.2 Å². The Kier molecular flexibility index (Phi) is 7.84. The van der Waals surface area contributed by atoms with E-state index in [1.54, 1.807) is 37.1 Å². The van der Waals surface area contributed by atoms with E-state index in [0.29, 0.717) is 55.4 Å². The zero-order chi connectivity index (χ0) is 25.5. The molecule has 2 aromatic carbocycles. The number of aryl methyl sites for hydroxylation is 1. The number of carbonyl (C=O) groups excluding carboxylic acids is 1. The minimum absolute atomic E-state index is 0.0727. The first kappa shape index (κ1) is 24.8. The average molecular weight is 492 g/mol. The largest absolute Gasteiger partial charge is 0.494 e. The van der Waals surface area contributed by atoms with E-state index >= 15 is 0 Å². The maximum absolute atomic E-state index is 13.0. The van der Waals surface area contributed by atoms with Crippen LogP contribution in [0.2, 0.25) is 0 Å². The maximum Gasteiger partial charge on any atom is 0.300 e. The molecular weight excluding hydrogens is 462 g/mol. The molecule has 10 nitrogen and oxygen atoms in total. The Morgan fingerprint density at radius 2 is 1.78 bits per heavy atom. The zero-order valence-electron chi connectivity index (χ0n) is 20.6. The normalized spacial score (nSPS) is 10.9. The van der Waals surface area contributed by atoms with Crippen LogP contribution in [0.5, 0.6) is 17.2 Å². The van der Waals surface area contributed by atoms with Crippen molar-refractivity contribution in [2.24, 2.45) is 0 Å². The van der Waals surface area contributed by atoms with E-state index in [1.165, 1.54) is 4.57 Å². The molecule has 10 heteroatoms. The predicted molar refractivity (Wildman–Crippen MR) is 134 cm³/mol. The fourth-order valence-electron chi connectivity index (χ4n) is 3.86. The van der Waals surface area contributed by atoms with Gasteiger partial charge in [-0.25, -0.2) is 0 Å². The van der Waals surface area contributed by atoms with E-state index in [-0.39, 0.29) is 17.1 Å². The van der Waals surface area contributed by atoms with Gasteiger partial charge in [0.15, 0.2) is 11.5 Å². The quantitative estimate of drug-likeness (QED) is 0.344. The van der Waals surface area contributed by atoms with Gasteiger partial charge in [-0.1, -0.05) is 6.07 Å². The van der Waals surface area contributed by atoms with Crippen molar-refractivity contribution < 1.29 is 19.0 Å². The zero-order valence-corrected chi connectivity index (χ0v) is 20.6. The third kappa shape index (κ3) is 5.48. The Hall–Kier alpha value is -4.34. The summed E-state index contributed by atoms with van der Waals surface area (Å²) in [5.41, 5.74) is 1.59. The molecule has 0 saturated heterocycles. The number of nitrogens with one attached hydrogen (secondary N) is 1. The third-order valence-corrected chi connectivity index (χ3v) is 5.71. The summed E-state index contributed by atoms with van der Waals surface area (Å²) in [7, 11) is 3.15. The Morgan fingerprint density at radius 3 is 2.50 bits per heavy atom. The second-order valence-corrected chi connectivity index (χ2v) is 8.03. The fraction of sp³-hybridized carbons (Fsp3) is 0.308. The van der Waals surface area contributed by atoms with Gasteiger partial charge in [-0.05, 0) is 55.3 Å². The monoisotopic (exact) mass is 491 g/mol. The van der Waals surface area contributed by atoms with Gasteiger partial charge in [0.25, 0.3) is 0 Å². The molecule has 4 rings (SSSR count). The minimum Gasteiger partial charge on any atom is -0.494 e. The van der Waals surface area contributed by atoms with Crippen LogP contribution in [0.15, 0.2) is 59.7 Å². The van der Waals surface area contributed by atoms with Gasteiger partial charge < -0.3 is 19.5 Å². The van der Waals surface area contributed by atoms with Crippen LogP contribution in [0.4, 0.5) is 0 Å². The molecule has 2 aromatic heterocycles. The van der Waals surface area contributed by atoms with Crippen LogP contribution in [-0.2, 0) is 17.8 Å². The van der Waals surface area contributed by atoms with Crippen LogP contribution < -0.4 is 25.1 Å². The lowest BCUT2D eigenvalue weighted by molar-refractivity contribution is -0.121. The number of ether oxygens (including phenoxy) is 3. The Morgan fingerprint density at radius 1 is 1.00 bits per heavy atom. The Balaban J connectivity index is 1.34. The van der Waals surface area contributed by atoms with Gasteiger partial charge in [0.2, 0.25) is 11.6 Å². The van der Waals surface area contributed by atoms with E-state index in [1.807, 2.05) is 43.3 Å². The van der Waals surface area contributed by atoms with Gasteiger partial charge >= 0.3 is 5.56 Å². The van der Waals surface area contributed by atoms with Gasteiger partial charge in [-0.2, -0.15) is 0 Å². The topological polar surface area (TPSA) is 109 Å². The standard InChI is InChI=1S/C26H29N5O5/c1-4-36-20-11-9-19(10-12-20)30-14-15-31-23(28-29-25(31)26(30)33)6-5-7-24(32)27-17-18-8-13-21(34-2)22(16-18)35-3/h8-16H,4-7,17H2,1-3H3,(H,27,32). The van der Waals surface area contributed by atoms with E-state index in [9.17, 15) is 9.59 Å². The van der Waals surface area contributed by atoms with Crippen molar-refractivity contribution in [3.05, 3.63) is 76.6 Å². The van der Waals surface area contributed by atoms with E-state index in [2.05, 4.69) is 15.5 Å². The molecular formula is C26H29N5O5. The van der Waals surface area contributed by atoms with Crippen LogP contribution in [-0.4, -0.2) is 45.9 Å². The summed E-state index contributed by atoms with van der Waals surface area (Å²) < 4.78 is 19.2. The number of methoxy groups -OCH3 is 2. The molecule has 0 aliphatic rings. The van der Waals surface area contributed by atoms with Crippen molar-refractivity contribution in [3.63, 3.8) is 0 Å². The number of carbonyl (C=O) groups is 1. The number of benzene rings is 2. The van der Waals surface area contributed by atoms with E-state index in [4.69, 9.17) is 14.2 Å². The number of amides is 1. The number of aromatic nitrogens is 4. The van der Waals surface area contributed by atoms with Crippen molar-refractivity contribution in [2.45, 2.75) is 32.7 Å². The summed E-state index contributed by atoms with van der Waals surface area (Å²) in [4.78, 5) is 25.3. The summed E-state index contributed by atoms with van der Waals surface area (Å²) in [6.07, 6.45) is 4.86. The number of nitrogens with zero attached hydrogens (tertiary/aromatic N) is 4. The van der Waals surface area contributed by atoms with Crippen LogP contribution in [0.3, 0.4) is 0 Å². The molecule has 0 spiro atoms. The number of fused-ring (bicyclic) bond motifs is 1. The first-order valence-electron chi connectivity index (χ1n) is 11.7. The maximum atomic E-state index is 13.0. The number of rotatable bonds is 11. The first-order valence-corrected chi connectivity index (χ1v) is 11.7. The smallest absolute Gasteiger partial charge is 0.300 e. The van der Waals surface area contributed by atoms with Crippen molar-refractivity contribution in [1.82, 2.24) is 24.5 Å². The summed E-state index contributed by atoms with van der Waals surface area (Å²) in [5, 5.41) is 11.2. The molecule has 1 amide bonds. The molecule has 0 aliphatic heterocycles. The van der Waals surface area contributed by atoms with Crippen molar-refractivity contribution in [2.75, 3.05) is 20.8 Å². The molecule has 36 heavy (non-hydrogen) atoms. The van der Waals surface area contributed by atoms with Gasteiger partial charge in [-0.15, -0.1) is 10.2 Å². The second kappa shape index (κ2) is 11.4. The van der Waals surface area contributed by atoms with Crippen molar-refractivity contribution in [1.29, 1.82) is 0 Å². The Labute approximate surface area is 208 Å². The highest BCUT2D eigenvalue weighted by Crippen LogP contribution is 2.27. The molecule has 0 aliphatic carbocycles. The molecule has 1 N–H and O–H groups in total. The van der Waals surface area contributed by atoms with E-state index in [0.717, 1.165) is 11.3 Å². The molecule has 0 bridgehead atoms. The SMILES string of the molecule is CCOc1ccc(-n2ccn3c(CCCC(=O)NCc4ccc(OC)c(OC)c4)nnc3c2=O)cc1. The summed E-state index contributed by atoms with van der Waals surface area (Å²) in [6.45, 7) is 2.88. The second-order valence-electron chi connectivity index (χ2n) is 8.03. The fourth-order valence-corrected chi connectivity index (χ4v) is 3.86. The number of hydrogen-bond acceptors (Lipinski definition) is 7. The lowest BCUT2D eigenvalue weighted by atomic mass is 10.2. The van der Waals surface area contributed by atoms with Crippen LogP contribution in [0, 0.1) is 0 Å². The summed E-state index contributed by atoms with van der Waals surface area (Å²) in [6, 6.07) is 12.8. The highest BCUT2D eigenvalue weighted by Gasteiger charge is 2.13. The molecule has 4 aromatic rings. The highest BCUT2D eigenvalue weighted by atomic mass is 16.5. The third-order valence-electron chi connectivity index (χ3n) is 5.71. The molecule has 0 atom stereocenters. The minimum atomic E-state index is -0.270. The summed E-state index contributed by atoms with van der Waals surface area (Å²) >= 11 is 0. The van der Waals surface area contributed by atoms with E-state index < -0.39 is 0 Å². The Bertz CT molecular complexity index is 1390. The van der Waals surface area contributed by atoms with Gasteiger partial charge in [0.1, 0.15) is 11.6 Å². The lowest BCUT2D eigenvalue weighted by Gasteiger charge is -2.10. The predicted octanol–water partition coefficient (Wildman–Crippen LogP) is 2.94. The molecule has 2 heterocycles. The molecule has 0 saturated carbocycles. The van der Waals surface area contributed by atoms with Gasteiger partial charge in [0, 0.05) is 37.5 Å².